The third-order valence-corrected chi connectivity index (χ3v) is 2.61. The van der Waals surface area contributed by atoms with Crippen molar-refractivity contribution in [1.29, 1.82) is 0 Å². The number of hydrogen-bond donors (Lipinski definition) is 4. The maximum absolute atomic E-state index is 11.2. The molecule has 2 heterocycles. The van der Waals surface area contributed by atoms with Gasteiger partial charge in [-0.2, -0.15) is 0 Å². The van der Waals surface area contributed by atoms with Gasteiger partial charge in [0.1, 0.15) is 11.6 Å². The molecular formula is C9H12N4O4. The summed E-state index contributed by atoms with van der Waals surface area (Å²) in [6.45, 7) is 0.376. The van der Waals surface area contributed by atoms with Crippen LogP contribution in [0.5, 0.6) is 0 Å². The predicted octanol–water partition coefficient (Wildman–Crippen LogP) is -1.14. The molecule has 1 fully saturated rings. The van der Waals surface area contributed by atoms with Gasteiger partial charge in [0.05, 0.1) is 25.6 Å². The molecule has 8 nitrogen and oxygen atoms in total. The minimum Gasteiger partial charge on any atom is -0.481 e. The number of hydrogen-bond acceptors (Lipinski definition) is 6. The smallest absolute Gasteiger partial charge is 0.311 e. The van der Waals surface area contributed by atoms with Gasteiger partial charge in [0.2, 0.25) is 0 Å². The van der Waals surface area contributed by atoms with Crippen molar-refractivity contribution in [3.8, 4) is 0 Å². The van der Waals surface area contributed by atoms with Gasteiger partial charge in [-0.15, -0.1) is 0 Å². The second-order valence-electron chi connectivity index (χ2n) is 3.73. The van der Waals surface area contributed by atoms with E-state index < -0.39 is 23.5 Å². The molecule has 2 unspecified atom stereocenters. The maximum Gasteiger partial charge on any atom is 0.311 e. The first kappa shape index (κ1) is 11.4. The number of H-pyrrole nitrogens is 1. The van der Waals surface area contributed by atoms with Crippen LogP contribution in [0, 0.1) is 5.92 Å². The number of nitrogens with zero attached hydrogens (tertiary/aromatic N) is 1. The van der Waals surface area contributed by atoms with E-state index in [1.54, 1.807) is 0 Å². The first-order chi connectivity index (χ1) is 8.09. The zero-order valence-corrected chi connectivity index (χ0v) is 8.84. The summed E-state index contributed by atoms with van der Waals surface area (Å²) in [6, 6.07) is -0.441. The third kappa shape index (κ3) is 2.21. The normalized spacial score (nSPS) is 23.5. The van der Waals surface area contributed by atoms with Crippen LogP contribution in [-0.2, 0) is 9.53 Å². The van der Waals surface area contributed by atoms with Gasteiger partial charge in [0, 0.05) is 0 Å². The van der Waals surface area contributed by atoms with Crippen LogP contribution in [-0.4, -0.2) is 40.3 Å². The summed E-state index contributed by atoms with van der Waals surface area (Å²) in [7, 11) is 0. The van der Waals surface area contributed by atoms with Gasteiger partial charge < -0.3 is 25.9 Å². The van der Waals surface area contributed by atoms with Crippen LogP contribution in [0.1, 0.15) is 0 Å². The Balaban J connectivity index is 2.18. The molecule has 8 heteroatoms. The Morgan fingerprint density at radius 2 is 2.41 bits per heavy atom. The molecule has 0 radical (unpaired) electrons. The van der Waals surface area contributed by atoms with Gasteiger partial charge in [-0.3, -0.25) is 9.59 Å². The number of nitrogens with two attached hydrogens (primary N) is 1. The fourth-order valence-electron chi connectivity index (χ4n) is 1.64. The molecule has 0 bridgehead atoms. The summed E-state index contributed by atoms with van der Waals surface area (Å²) >= 11 is 0. The number of carboxylic acid groups (broad SMARTS) is 1. The van der Waals surface area contributed by atoms with E-state index in [-0.39, 0.29) is 24.7 Å². The summed E-state index contributed by atoms with van der Waals surface area (Å²) in [5, 5.41) is 11.8. The Labute approximate surface area is 95.8 Å². The molecule has 0 aliphatic carbocycles. The van der Waals surface area contributed by atoms with E-state index in [1.807, 2.05) is 0 Å². The second kappa shape index (κ2) is 4.42. The van der Waals surface area contributed by atoms with Crippen molar-refractivity contribution in [2.24, 2.45) is 5.92 Å². The Morgan fingerprint density at radius 3 is 3.12 bits per heavy atom. The van der Waals surface area contributed by atoms with Gasteiger partial charge in [-0.1, -0.05) is 0 Å². The molecule has 5 N–H and O–H groups in total. The number of aromatic amines is 1. The molecule has 1 aromatic heterocycles. The Morgan fingerprint density at radius 1 is 1.65 bits per heavy atom. The van der Waals surface area contributed by atoms with E-state index in [4.69, 9.17) is 15.6 Å². The number of aliphatic carboxylic acids is 1. The fraction of sp³-hybridized carbons (Fsp3) is 0.444. The number of nitrogens with one attached hydrogen (secondary N) is 2. The molecule has 0 amide bonds. The number of aromatic nitrogens is 2. The van der Waals surface area contributed by atoms with Crippen molar-refractivity contribution in [2.75, 3.05) is 24.3 Å². The van der Waals surface area contributed by atoms with Crippen molar-refractivity contribution in [1.82, 2.24) is 9.97 Å². The van der Waals surface area contributed by atoms with Gasteiger partial charge in [0.25, 0.3) is 5.56 Å². The molecule has 2 atom stereocenters. The Hall–Kier alpha value is -2.09. The summed E-state index contributed by atoms with van der Waals surface area (Å²) < 4.78 is 5.08. The zero-order valence-electron chi connectivity index (χ0n) is 8.84. The SMILES string of the molecule is Nc1c(NC2COCC2C(=O)O)nc[nH]c1=O. The molecule has 0 saturated carbocycles. The standard InChI is InChI=1S/C9H12N4O4/c10-6-7(11-3-12-8(6)14)13-5-2-17-1-4(5)9(15)16/h3-5H,1-2,10H2,(H,15,16)(H2,11,12,13,14). The lowest BCUT2D eigenvalue weighted by Crippen LogP contribution is -2.34. The number of rotatable bonds is 3. The first-order valence-corrected chi connectivity index (χ1v) is 5.00. The van der Waals surface area contributed by atoms with Crippen molar-refractivity contribution in [3.63, 3.8) is 0 Å². The van der Waals surface area contributed by atoms with E-state index in [2.05, 4.69) is 15.3 Å². The summed E-state index contributed by atoms with van der Waals surface area (Å²) in [5.41, 5.74) is 4.99. The average Bonchev–Trinajstić information content (AvgIpc) is 2.73. The van der Waals surface area contributed by atoms with Crippen LogP contribution >= 0.6 is 0 Å². The Kier molecular flexibility index (Phi) is 2.96. The van der Waals surface area contributed by atoms with Crippen LogP contribution in [0.15, 0.2) is 11.1 Å². The van der Waals surface area contributed by atoms with Crippen molar-refractivity contribution in [2.45, 2.75) is 6.04 Å². The van der Waals surface area contributed by atoms with Crippen LogP contribution in [0.25, 0.3) is 0 Å². The molecule has 0 aromatic carbocycles. The molecule has 1 aliphatic heterocycles. The van der Waals surface area contributed by atoms with Gasteiger partial charge in [-0.05, 0) is 0 Å². The zero-order chi connectivity index (χ0) is 12.4. The van der Waals surface area contributed by atoms with Crippen LogP contribution < -0.4 is 16.6 Å². The van der Waals surface area contributed by atoms with E-state index in [0.717, 1.165) is 0 Å². The van der Waals surface area contributed by atoms with E-state index >= 15 is 0 Å². The summed E-state index contributed by atoms with van der Waals surface area (Å²) in [5.74, 6) is -1.45. The van der Waals surface area contributed by atoms with E-state index in [9.17, 15) is 9.59 Å². The lowest BCUT2D eigenvalue weighted by Gasteiger charge is -2.16. The van der Waals surface area contributed by atoms with Crippen molar-refractivity contribution >= 4 is 17.5 Å². The molecule has 1 saturated heterocycles. The van der Waals surface area contributed by atoms with Crippen molar-refractivity contribution in [3.05, 3.63) is 16.7 Å². The number of carboxylic acids is 1. The highest BCUT2D eigenvalue weighted by atomic mass is 16.5. The average molecular weight is 240 g/mol. The fourth-order valence-corrected chi connectivity index (χ4v) is 1.64. The lowest BCUT2D eigenvalue weighted by atomic mass is 10.0. The highest BCUT2D eigenvalue weighted by Gasteiger charge is 2.34. The molecule has 2 rings (SSSR count). The Bertz CT molecular complexity index is 486. The van der Waals surface area contributed by atoms with Crippen molar-refractivity contribution < 1.29 is 14.6 Å². The lowest BCUT2D eigenvalue weighted by molar-refractivity contribution is -0.141. The highest BCUT2D eigenvalue weighted by molar-refractivity contribution is 5.72. The first-order valence-electron chi connectivity index (χ1n) is 5.00. The van der Waals surface area contributed by atoms with Crippen LogP contribution in [0.2, 0.25) is 0 Å². The molecule has 17 heavy (non-hydrogen) atoms. The quantitative estimate of drug-likeness (QED) is 0.525. The monoisotopic (exact) mass is 240 g/mol. The van der Waals surface area contributed by atoms with Gasteiger partial charge in [-0.25, -0.2) is 4.98 Å². The third-order valence-electron chi connectivity index (χ3n) is 2.61. The summed E-state index contributed by atoms with van der Waals surface area (Å²) in [4.78, 5) is 28.3. The topological polar surface area (TPSA) is 130 Å². The molecule has 1 aliphatic rings. The largest absolute Gasteiger partial charge is 0.481 e. The van der Waals surface area contributed by atoms with Gasteiger partial charge >= 0.3 is 5.97 Å². The van der Waals surface area contributed by atoms with Crippen LogP contribution in [0.3, 0.4) is 0 Å². The number of nitrogen functional groups attached to an aromatic ring is 1. The number of anilines is 2. The molecule has 1 aromatic rings. The van der Waals surface area contributed by atoms with E-state index in [1.165, 1.54) is 6.33 Å². The number of ether oxygens (including phenoxy) is 1. The molecule has 92 valence electrons. The highest BCUT2D eigenvalue weighted by Crippen LogP contribution is 2.19. The second-order valence-corrected chi connectivity index (χ2v) is 3.73. The minimum atomic E-state index is -0.955. The molecular weight excluding hydrogens is 228 g/mol. The molecule has 0 spiro atoms. The summed E-state index contributed by atoms with van der Waals surface area (Å²) in [6.07, 6.45) is 1.20. The maximum atomic E-state index is 11.2. The van der Waals surface area contributed by atoms with Gasteiger partial charge in [0.15, 0.2) is 5.82 Å². The number of carbonyl (C=O) groups is 1. The van der Waals surface area contributed by atoms with E-state index in [0.29, 0.717) is 0 Å². The predicted molar refractivity (Wildman–Crippen MR) is 58.6 cm³/mol. The minimum absolute atomic E-state index is 0.0662. The van der Waals surface area contributed by atoms with Crippen LogP contribution in [0.4, 0.5) is 11.5 Å².